The van der Waals surface area contributed by atoms with E-state index in [1.165, 1.54) is 38.4 Å². The first kappa shape index (κ1) is 17.8. The van der Waals surface area contributed by atoms with Crippen molar-refractivity contribution in [3.8, 4) is 5.75 Å². The van der Waals surface area contributed by atoms with Gasteiger partial charge in [0.25, 0.3) is 11.8 Å². The number of carbonyl (C=O) groups is 2. The summed E-state index contributed by atoms with van der Waals surface area (Å²) < 4.78 is 18.6. The smallest absolute Gasteiger partial charge is 0.273 e. The summed E-state index contributed by atoms with van der Waals surface area (Å²) in [5.74, 6) is -0.921. The van der Waals surface area contributed by atoms with E-state index in [1.807, 2.05) is 0 Å². The number of aromatic nitrogens is 1. The molecular weight excluding hydrogens is 361 g/mol. The number of carbonyl (C=O) groups excluding carboxylic acids is 2. The number of nitrogens with one attached hydrogen (secondary N) is 3. The maximum absolute atomic E-state index is 13.4. The number of aromatic amines is 1. The summed E-state index contributed by atoms with van der Waals surface area (Å²) in [6, 6.07) is 8.66. The third-order valence-corrected chi connectivity index (χ3v) is 4.25. The van der Waals surface area contributed by atoms with Crippen molar-refractivity contribution in [3.05, 3.63) is 58.5 Å². The van der Waals surface area contributed by atoms with Crippen LogP contribution >= 0.6 is 11.6 Å². The van der Waals surface area contributed by atoms with Crippen LogP contribution in [0.15, 0.2) is 36.4 Å². The number of amides is 2. The molecule has 0 unspecified atom stereocenters. The van der Waals surface area contributed by atoms with Crippen LogP contribution in [-0.4, -0.2) is 31.0 Å². The average Bonchev–Trinajstić information content (AvgIpc) is 2.97. The number of rotatable bonds is 4. The normalized spacial score (nSPS) is 10.6. The summed E-state index contributed by atoms with van der Waals surface area (Å²) in [4.78, 5) is 27.3. The maximum atomic E-state index is 13.4. The van der Waals surface area contributed by atoms with Crippen molar-refractivity contribution in [2.45, 2.75) is 0 Å². The Morgan fingerprint density at radius 3 is 2.62 bits per heavy atom. The molecule has 6 nitrogen and oxygen atoms in total. The van der Waals surface area contributed by atoms with E-state index in [0.717, 1.165) is 0 Å². The van der Waals surface area contributed by atoms with Crippen molar-refractivity contribution in [2.24, 2.45) is 0 Å². The Hall–Kier alpha value is -3.06. The van der Waals surface area contributed by atoms with Crippen molar-refractivity contribution in [3.63, 3.8) is 0 Å². The molecule has 0 saturated carbocycles. The van der Waals surface area contributed by atoms with E-state index >= 15 is 0 Å². The second kappa shape index (κ2) is 7.05. The van der Waals surface area contributed by atoms with Gasteiger partial charge in [-0.15, -0.1) is 0 Å². The predicted octanol–water partition coefficient (Wildman–Crippen LogP) is 3.58. The standard InChI is InChI=1S/C18H15ClFN3O3/c1-21-17(24)9-3-6-14(26-2)13(7-9)23-18(25)16-15(19)11-8-10(20)4-5-12(11)22-16/h3-8,22H,1-2H3,(H,21,24)(H,23,25). The zero-order valence-corrected chi connectivity index (χ0v) is 14.7. The second-order valence-corrected chi connectivity index (χ2v) is 5.83. The Morgan fingerprint density at radius 1 is 1.15 bits per heavy atom. The summed E-state index contributed by atoms with van der Waals surface area (Å²) in [5.41, 5.74) is 1.28. The van der Waals surface area contributed by atoms with Crippen LogP contribution in [0.3, 0.4) is 0 Å². The lowest BCUT2D eigenvalue weighted by Gasteiger charge is -2.11. The van der Waals surface area contributed by atoms with Gasteiger partial charge in [0.2, 0.25) is 0 Å². The summed E-state index contributed by atoms with van der Waals surface area (Å²) in [5, 5.41) is 5.68. The van der Waals surface area contributed by atoms with Crippen LogP contribution in [0.1, 0.15) is 20.8 Å². The molecule has 3 N–H and O–H groups in total. The third kappa shape index (κ3) is 3.21. The van der Waals surface area contributed by atoms with Gasteiger partial charge in [-0.05, 0) is 36.4 Å². The molecule has 0 radical (unpaired) electrons. The van der Waals surface area contributed by atoms with Crippen LogP contribution in [0.2, 0.25) is 5.02 Å². The minimum Gasteiger partial charge on any atom is -0.495 e. The van der Waals surface area contributed by atoms with Crippen LogP contribution in [0.4, 0.5) is 10.1 Å². The van der Waals surface area contributed by atoms with Crippen LogP contribution in [0.5, 0.6) is 5.75 Å². The van der Waals surface area contributed by atoms with Gasteiger partial charge in [0.1, 0.15) is 17.3 Å². The van der Waals surface area contributed by atoms with Crippen molar-refractivity contribution in [2.75, 3.05) is 19.5 Å². The number of H-pyrrole nitrogens is 1. The van der Waals surface area contributed by atoms with Crippen LogP contribution < -0.4 is 15.4 Å². The van der Waals surface area contributed by atoms with E-state index < -0.39 is 11.7 Å². The highest BCUT2D eigenvalue weighted by Gasteiger charge is 2.19. The molecule has 0 spiro atoms. The summed E-state index contributed by atoms with van der Waals surface area (Å²) in [6.45, 7) is 0. The molecule has 0 atom stereocenters. The number of ether oxygens (including phenoxy) is 1. The third-order valence-electron chi connectivity index (χ3n) is 3.86. The SMILES string of the molecule is CNC(=O)c1ccc(OC)c(NC(=O)c2[nH]c3ccc(F)cc3c2Cl)c1. The molecule has 3 rings (SSSR count). The van der Waals surface area contributed by atoms with Crippen LogP contribution in [0, 0.1) is 5.82 Å². The quantitative estimate of drug-likeness (QED) is 0.651. The highest BCUT2D eigenvalue weighted by atomic mass is 35.5. The number of anilines is 1. The minimum absolute atomic E-state index is 0.0830. The fraction of sp³-hybridized carbons (Fsp3) is 0.111. The molecule has 0 fully saturated rings. The summed E-state index contributed by atoms with van der Waals surface area (Å²) in [6.07, 6.45) is 0. The zero-order valence-electron chi connectivity index (χ0n) is 13.9. The predicted molar refractivity (Wildman–Crippen MR) is 97.6 cm³/mol. The van der Waals surface area contributed by atoms with Crippen LogP contribution in [0.25, 0.3) is 10.9 Å². The molecule has 2 amide bonds. The number of fused-ring (bicyclic) bond motifs is 1. The number of methoxy groups -OCH3 is 1. The van der Waals surface area contributed by atoms with Gasteiger partial charge in [-0.1, -0.05) is 11.6 Å². The highest BCUT2D eigenvalue weighted by molar-refractivity contribution is 6.39. The molecule has 8 heteroatoms. The first-order valence-corrected chi connectivity index (χ1v) is 8.00. The summed E-state index contributed by atoms with van der Waals surface area (Å²) >= 11 is 6.21. The fourth-order valence-electron chi connectivity index (χ4n) is 2.56. The highest BCUT2D eigenvalue weighted by Crippen LogP contribution is 2.30. The first-order chi connectivity index (χ1) is 12.4. The van der Waals surface area contributed by atoms with Gasteiger partial charge >= 0.3 is 0 Å². The van der Waals surface area contributed by atoms with Crippen molar-refractivity contribution >= 4 is 40.0 Å². The molecule has 134 valence electrons. The van der Waals surface area contributed by atoms with Crippen molar-refractivity contribution in [1.82, 2.24) is 10.3 Å². The fourth-order valence-corrected chi connectivity index (χ4v) is 2.85. The van der Waals surface area contributed by atoms with Gasteiger partial charge in [-0.3, -0.25) is 9.59 Å². The minimum atomic E-state index is -0.543. The Bertz CT molecular complexity index is 1020. The van der Waals surface area contributed by atoms with Gasteiger partial charge in [-0.25, -0.2) is 4.39 Å². The average molecular weight is 376 g/mol. The van der Waals surface area contributed by atoms with Crippen LogP contribution in [-0.2, 0) is 0 Å². The summed E-state index contributed by atoms with van der Waals surface area (Å²) in [7, 11) is 2.96. The second-order valence-electron chi connectivity index (χ2n) is 5.45. The molecule has 0 aliphatic rings. The lowest BCUT2D eigenvalue weighted by molar-refractivity contribution is 0.0961. The Morgan fingerprint density at radius 2 is 1.92 bits per heavy atom. The largest absolute Gasteiger partial charge is 0.495 e. The maximum Gasteiger partial charge on any atom is 0.273 e. The number of halogens is 2. The van der Waals surface area contributed by atoms with E-state index in [4.69, 9.17) is 16.3 Å². The molecule has 0 aliphatic heterocycles. The molecule has 0 bridgehead atoms. The number of benzene rings is 2. The van der Waals surface area contributed by atoms with Gasteiger partial charge in [0.15, 0.2) is 0 Å². The van der Waals surface area contributed by atoms with Crippen molar-refractivity contribution in [1.29, 1.82) is 0 Å². The topological polar surface area (TPSA) is 83.2 Å². The monoisotopic (exact) mass is 375 g/mol. The Labute approximate surface area is 153 Å². The van der Waals surface area contributed by atoms with Gasteiger partial charge in [0.05, 0.1) is 17.8 Å². The van der Waals surface area contributed by atoms with E-state index in [0.29, 0.717) is 27.9 Å². The van der Waals surface area contributed by atoms with Gasteiger partial charge in [-0.2, -0.15) is 0 Å². The number of hydrogen-bond acceptors (Lipinski definition) is 3. The molecule has 26 heavy (non-hydrogen) atoms. The zero-order chi connectivity index (χ0) is 18.8. The Balaban J connectivity index is 1.97. The molecule has 1 aromatic heterocycles. The van der Waals surface area contributed by atoms with Gasteiger partial charge in [0, 0.05) is 23.5 Å². The lowest BCUT2D eigenvalue weighted by atomic mass is 10.1. The molecule has 1 heterocycles. The van der Waals surface area contributed by atoms with E-state index in [2.05, 4.69) is 15.6 Å². The van der Waals surface area contributed by atoms with E-state index in [1.54, 1.807) is 12.1 Å². The molecule has 3 aromatic rings. The molecule has 0 saturated heterocycles. The molecule has 2 aromatic carbocycles. The first-order valence-electron chi connectivity index (χ1n) is 7.62. The van der Waals surface area contributed by atoms with E-state index in [9.17, 15) is 14.0 Å². The Kier molecular flexibility index (Phi) is 4.81. The molecular formula is C18H15ClFN3O3. The van der Waals surface area contributed by atoms with Crippen molar-refractivity contribution < 1.29 is 18.7 Å². The molecule has 0 aliphatic carbocycles. The lowest BCUT2D eigenvalue weighted by Crippen LogP contribution is -2.19. The van der Waals surface area contributed by atoms with E-state index in [-0.39, 0.29) is 16.6 Å². The van der Waals surface area contributed by atoms with Gasteiger partial charge < -0.3 is 20.4 Å². The number of hydrogen-bond donors (Lipinski definition) is 3.